The molecule has 0 spiro atoms. The molecule has 106 valence electrons. The molecule has 1 unspecified atom stereocenters. The molecule has 2 rings (SSSR count). The van der Waals surface area contributed by atoms with Crippen LogP contribution >= 0.6 is 0 Å². The SMILES string of the molecule is CC(C)Oc1ccc(N2CCCC(N)(CO)C2)cc1. The largest absolute Gasteiger partial charge is 0.491 e. The normalized spacial score (nSPS) is 23.7. The molecule has 1 aromatic carbocycles. The summed E-state index contributed by atoms with van der Waals surface area (Å²) in [6.07, 6.45) is 2.09. The molecule has 0 saturated carbocycles. The molecule has 1 heterocycles. The van der Waals surface area contributed by atoms with E-state index < -0.39 is 5.54 Å². The Morgan fingerprint density at radius 2 is 2.05 bits per heavy atom. The minimum Gasteiger partial charge on any atom is -0.491 e. The van der Waals surface area contributed by atoms with Crippen LogP contribution < -0.4 is 15.4 Å². The van der Waals surface area contributed by atoms with E-state index in [-0.39, 0.29) is 12.7 Å². The van der Waals surface area contributed by atoms with Crippen LogP contribution in [0.15, 0.2) is 24.3 Å². The molecular formula is C15H24N2O2. The van der Waals surface area contributed by atoms with Crippen LogP contribution in [0.4, 0.5) is 5.69 Å². The second-order valence-corrected chi connectivity index (χ2v) is 5.71. The minimum absolute atomic E-state index is 0.0397. The maximum Gasteiger partial charge on any atom is 0.119 e. The van der Waals surface area contributed by atoms with E-state index in [2.05, 4.69) is 17.0 Å². The summed E-state index contributed by atoms with van der Waals surface area (Å²) in [5.41, 5.74) is 6.84. The van der Waals surface area contributed by atoms with Crippen LogP contribution in [0.5, 0.6) is 5.75 Å². The summed E-state index contributed by atoms with van der Waals surface area (Å²) in [5, 5.41) is 9.39. The molecule has 1 aliphatic rings. The number of hydrogen-bond donors (Lipinski definition) is 2. The molecule has 4 nitrogen and oxygen atoms in total. The number of aliphatic hydroxyl groups excluding tert-OH is 1. The lowest BCUT2D eigenvalue weighted by Crippen LogP contribution is -2.56. The number of aliphatic hydroxyl groups is 1. The summed E-state index contributed by atoms with van der Waals surface area (Å²) in [7, 11) is 0. The Labute approximate surface area is 115 Å². The Morgan fingerprint density at radius 3 is 2.63 bits per heavy atom. The van der Waals surface area contributed by atoms with Crippen LogP contribution in [0.3, 0.4) is 0 Å². The van der Waals surface area contributed by atoms with Crippen LogP contribution in [0.25, 0.3) is 0 Å². The summed E-state index contributed by atoms with van der Waals surface area (Å²) in [6.45, 7) is 5.76. The molecule has 1 fully saturated rings. The highest BCUT2D eigenvalue weighted by Gasteiger charge is 2.30. The average molecular weight is 264 g/mol. The van der Waals surface area contributed by atoms with Gasteiger partial charge in [0.2, 0.25) is 0 Å². The zero-order valence-corrected chi connectivity index (χ0v) is 11.8. The molecule has 4 heteroatoms. The molecule has 0 aromatic heterocycles. The molecule has 0 amide bonds. The van der Waals surface area contributed by atoms with Gasteiger partial charge in [0.15, 0.2) is 0 Å². The number of piperidine rings is 1. The summed E-state index contributed by atoms with van der Waals surface area (Å²) >= 11 is 0. The van der Waals surface area contributed by atoms with Crippen LogP contribution in [-0.4, -0.2) is 36.4 Å². The second-order valence-electron chi connectivity index (χ2n) is 5.71. The van der Waals surface area contributed by atoms with E-state index in [1.54, 1.807) is 0 Å². The summed E-state index contributed by atoms with van der Waals surface area (Å²) < 4.78 is 5.64. The Morgan fingerprint density at radius 1 is 1.37 bits per heavy atom. The highest BCUT2D eigenvalue weighted by atomic mass is 16.5. The lowest BCUT2D eigenvalue weighted by atomic mass is 9.91. The molecule has 1 saturated heterocycles. The van der Waals surface area contributed by atoms with Gasteiger partial charge in [0, 0.05) is 18.8 Å². The second kappa shape index (κ2) is 5.80. The van der Waals surface area contributed by atoms with Gasteiger partial charge in [0.25, 0.3) is 0 Å². The number of rotatable bonds is 4. The van der Waals surface area contributed by atoms with Crippen molar-refractivity contribution in [2.45, 2.75) is 38.3 Å². The number of nitrogens with zero attached hydrogens (tertiary/aromatic N) is 1. The van der Waals surface area contributed by atoms with E-state index in [0.717, 1.165) is 30.8 Å². The van der Waals surface area contributed by atoms with E-state index in [9.17, 15) is 5.11 Å². The van der Waals surface area contributed by atoms with E-state index in [4.69, 9.17) is 10.5 Å². The zero-order valence-electron chi connectivity index (χ0n) is 11.8. The van der Waals surface area contributed by atoms with Gasteiger partial charge in [-0.05, 0) is 51.0 Å². The highest BCUT2D eigenvalue weighted by molar-refractivity contribution is 5.50. The number of nitrogens with two attached hydrogens (primary N) is 1. The molecular weight excluding hydrogens is 240 g/mol. The highest BCUT2D eigenvalue weighted by Crippen LogP contribution is 2.26. The van der Waals surface area contributed by atoms with Crippen LogP contribution in [0.2, 0.25) is 0 Å². The van der Waals surface area contributed by atoms with Crippen molar-refractivity contribution < 1.29 is 9.84 Å². The Kier molecular flexibility index (Phi) is 4.32. The van der Waals surface area contributed by atoms with Crippen LogP contribution in [0, 0.1) is 0 Å². The maximum atomic E-state index is 9.39. The minimum atomic E-state index is -0.467. The standard InChI is InChI=1S/C15H24N2O2/c1-12(2)19-14-6-4-13(5-7-14)17-9-3-8-15(16,10-17)11-18/h4-7,12,18H,3,8-11,16H2,1-2H3. The van der Waals surface area contributed by atoms with Gasteiger partial charge >= 0.3 is 0 Å². The molecule has 19 heavy (non-hydrogen) atoms. The van der Waals surface area contributed by atoms with Crippen molar-refractivity contribution in [3.63, 3.8) is 0 Å². The van der Waals surface area contributed by atoms with Crippen LogP contribution in [-0.2, 0) is 0 Å². The first kappa shape index (κ1) is 14.2. The predicted octanol–water partition coefficient (Wildman–Crippen LogP) is 1.76. The van der Waals surface area contributed by atoms with E-state index in [1.165, 1.54) is 0 Å². The van der Waals surface area contributed by atoms with Gasteiger partial charge in [-0.25, -0.2) is 0 Å². The predicted molar refractivity (Wildman–Crippen MR) is 77.7 cm³/mol. The van der Waals surface area contributed by atoms with Gasteiger partial charge < -0.3 is 20.5 Å². The van der Waals surface area contributed by atoms with Crippen LogP contribution in [0.1, 0.15) is 26.7 Å². The molecule has 0 aliphatic carbocycles. The number of ether oxygens (including phenoxy) is 1. The zero-order chi connectivity index (χ0) is 13.9. The fraction of sp³-hybridized carbons (Fsp3) is 0.600. The van der Waals surface area contributed by atoms with Gasteiger partial charge in [-0.3, -0.25) is 0 Å². The first-order valence-electron chi connectivity index (χ1n) is 6.94. The number of hydrogen-bond acceptors (Lipinski definition) is 4. The molecule has 1 atom stereocenters. The first-order chi connectivity index (χ1) is 9.02. The van der Waals surface area contributed by atoms with Crippen molar-refractivity contribution in [3.8, 4) is 5.75 Å². The summed E-state index contributed by atoms with van der Waals surface area (Å²) in [5.74, 6) is 0.886. The van der Waals surface area contributed by atoms with Crippen molar-refractivity contribution in [1.29, 1.82) is 0 Å². The summed E-state index contributed by atoms with van der Waals surface area (Å²) in [6, 6.07) is 8.09. The molecule has 1 aliphatic heterocycles. The van der Waals surface area contributed by atoms with E-state index in [1.807, 2.05) is 26.0 Å². The third kappa shape index (κ3) is 3.61. The molecule has 0 radical (unpaired) electrons. The number of benzene rings is 1. The number of anilines is 1. The van der Waals surface area contributed by atoms with E-state index in [0.29, 0.717) is 6.54 Å². The van der Waals surface area contributed by atoms with Gasteiger partial charge in [0.1, 0.15) is 5.75 Å². The third-order valence-electron chi connectivity index (χ3n) is 3.50. The Hall–Kier alpha value is -1.26. The smallest absolute Gasteiger partial charge is 0.119 e. The van der Waals surface area contributed by atoms with Crippen molar-refractivity contribution >= 4 is 5.69 Å². The topological polar surface area (TPSA) is 58.7 Å². The lowest BCUT2D eigenvalue weighted by molar-refractivity contribution is 0.177. The lowest BCUT2D eigenvalue weighted by Gasteiger charge is -2.40. The average Bonchev–Trinajstić information content (AvgIpc) is 2.39. The molecule has 3 N–H and O–H groups in total. The maximum absolute atomic E-state index is 9.39. The third-order valence-corrected chi connectivity index (χ3v) is 3.50. The van der Waals surface area contributed by atoms with E-state index >= 15 is 0 Å². The quantitative estimate of drug-likeness (QED) is 0.870. The summed E-state index contributed by atoms with van der Waals surface area (Å²) in [4.78, 5) is 2.23. The first-order valence-corrected chi connectivity index (χ1v) is 6.94. The van der Waals surface area contributed by atoms with Gasteiger partial charge in [-0.1, -0.05) is 0 Å². The fourth-order valence-corrected chi connectivity index (χ4v) is 2.52. The van der Waals surface area contributed by atoms with Crippen molar-refractivity contribution in [3.05, 3.63) is 24.3 Å². The van der Waals surface area contributed by atoms with Crippen molar-refractivity contribution in [2.24, 2.45) is 5.73 Å². The van der Waals surface area contributed by atoms with Gasteiger partial charge in [-0.2, -0.15) is 0 Å². The molecule has 1 aromatic rings. The molecule has 0 bridgehead atoms. The Bertz CT molecular complexity index is 405. The van der Waals surface area contributed by atoms with Crippen molar-refractivity contribution in [2.75, 3.05) is 24.6 Å². The van der Waals surface area contributed by atoms with Crippen molar-refractivity contribution in [1.82, 2.24) is 0 Å². The van der Waals surface area contributed by atoms with Gasteiger partial charge in [-0.15, -0.1) is 0 Å². The fourth-order valence-electron chi connectivity index (χ4n) is 2.52. The Balaban J connectivity index is 2.05. The van der Waals surface area contributed by atoms with Gasteiger partial charge in [0.05, 0.1) is 18.2 Å². The monoisotopic (exact) mass is 264 g/mol.